The molecule has 4 atom stereocenters. The number of ether oxygens (including phenoxy) is 1. The van der Waals surface area contributed by atoms with Crippen molar-refractivity contribution in [2.45, 2.75) is 37.3 Å². The number of rotatable bonds is 2. The van der Waals surface area contributed by atoms with Gasteiger partial charge in [-0.3, -0.25) is 9.69 Å². The van der Waals surface area contributed by atoms with Crippen molar-refractivity contribution in [2.24, 2.45) is 5.92 Å². The Morgan fingerprint density at radius 3 is 2.41 bits per heavy atom. The maximum Gasteiger partial charge on any atom is 0.308 e. The van der Waals surface area contributed by atoms with Gasteiger partial charge in [0.25, 0.3) is 0 Å². The average Bonchev–Trinajstić information content (AvgIpc) is 2.72. The molecular weight excluding hydrogens is 285 g/mol. The first-order valence-corrected chi connectivity index (χ1v) is 7.60. The number of piperidine rings is 1. The van der Waals surface area contributed by atoms with Crippen LogP contribution >= 0.6 is 0 Å². The first kappa shape index (κ1) is 16.9. The van der Waals surface area contributed by atoms with Gasteiger partial charge in [0.15, 0.2) is 0 Å². The summed E-state index contributed by atoms with van der Waals surface area (Å²) in [7, 11) is 5.28. The summed E-state index contributed by atoms with van der Waals surface area (Å²) in [5.74, 6) is -1.38. The van der Waals surface area contributed by atoms with Gasteiger partial charge < -0.3 is 9.84 Å². The molecule has 0 amide bonds. The SMILES string of the molecule is CN1[C@H]2CC[C@@H]1[C@@H](C(=O)O)[C@@H](c1ccc(F)cc1)C2.COC. The van der Waals surface area contributed by atoms with Gasteiger partial charge in [-0.25, -0.2) is 4.39 Å². The molecule has 2 heterocycles. The van der Waals surface area contributed by atoms with Gasteiger partial charge in [0.2, 0.25) is 0 Å². The zero-order valence-corrected chi connectivity index (χ0v) is 13.3. The number of benzene rings is 1. The Hall–Kier alpha value is -1.46. The Morgan fingerprint density at radius 2 is 1.86 bits per heavy atom. The smallest absolute Gasteiger partial charge is 0.308 e. The molecule has 2 aliphatic rings. The molecule has 0 aliphatic carbocycles. The number of halogens is 1. The van der Waals surface area contributed by atoms with Gasteiger partial charge in [-0.05, 0) is 44.0 Å². The standard InChI is InChI=1S/C15H18FNO2.C2H6O/c1-17-11-6-7-13(17)14(15(18)19)12(8-11)9-2-4-10(16)5-3-9;1-3-2/h2-5,11-14H,6-8H2,1H3,(H,18,19);1-2H3/t11-,12+,13+,14-;/m0./s1. The van der Waals surface area contributed by atoms with Crippen molar-refractivity contribution in [3.05, 3.63) is 35.6 Å². The Labute approximate surface area is 130 Å². The Balaban J connectivity index is 0.000000545. The molecule has 2 aliphatic heterocycles. The third-order valence-electron chi connectivity index (χ3n) is 4.85. The van der Waals surface area contributed by atoms with Crippen LogP contribution in [-0.4, -0.2) is 49.3 Å². The second kappa shape index (κ2) is 7.20. The predicted octanol–water partition coefficient (Wildman–Crippen LogP) is 2.74. The molecule has 2 bridgehead atoms. The average molecular weight is 309 g/mol. The fraction of sp³-hybridized carbons (Fsp3) is 0.588. The molecule has 2 fully saturated rings. The second-order valence-electron chi connectivity index (χ2n) is 6.13. The lowest BCUT2D eigenvalue weighted by atomic mass is 9.76. The molecule has 22 heavy (non-hydrogen) atoms. The van der Waals surface area contributed by atoms with Gasteiger partial charge in [-0.1, -0.05) is 12.1 Å². The normalized spacial score (nSPS) is 30.5. The lowest BCUT2D eigenvalue weighted by Gasteiger charge is -2.41. The highest BCUT2D eigenvalue weighted by Gasteiger charge is 2.49. The predicted molar refractivity (Wildman–Crippen MR) is 82.4 cm³/mol. The maximum atomic E-state index is 13.0. The molecule has 0 radical (unpaired) electrons. The molecule has 1 N–H and O–H groups in total. The number of fused-ring (bicyclic) bond motifs is 2. The summed E-state index contributed by atoms with van der Waals surface area (Å²) in [6, 6.07) is 6.91. The molecule has 0 aromatic heterocycles. The molecule has 0 saturated carbocycles. The minimum absolute atomic E-state index is 0.00630. The van der Waals surface area contributed by atoms with E-state index in [4.69, 9.17) is 0 Å². The van der Waals surface area contributed by atoms with Gasteiger partial charge in [0, 0.05) is 32.2 Å². The maximum absolute atomic E-state index is 13.0. The highest BCUT2D eigenvalue weighted by molar-refractivity contribution is 5.73. The number of carboxylic acids is 1. The number of carbonyl (C=O) groups is 1. The first-order valence-electron chi connectivity index (χ1n) is 7.60. The number of carboxylic acid groups (broad SMARTS) is 1. The van der Waals surface area contributed by atoms with Crippen LogP contribution < -0.4 is 0 Å². The summed E-state index contributed by atoms with van der Waals surface area (Å²) in [5.41, 5.74) is 0.957. The Morgan fingerprint density at radius 1 is 1.27 bits per heavy atom. The van der Waals surface area contributed by atoms with Crippen molar-refractivity contribution in [1.29, 1.82) is 0 Å². The van der Waals surface area contributed by atoms with Crippen LogP contribution in [0.5, 0.6) is 0 Å². The van der Waals surface area contributed by atoms with Crippen LogP contribution in [0.25, 0.3) is 0 Å². The van der Waals surface area contributed by atoms with E-state index in [-0.39, 0.29) is 23.7 Å². The van der Waals surface area contributed by atoms with Crippen molar-refractivity contribution in [3.8, 4) is 0 Å². The number of aliphatic carboxylic acids is 1. The summed E-state index contributed by atoms with van der Waals surface area (Å²) in [5, 5.41) is 9.56. The molecule has 0 spiro atoms. The topological polar surface area (TPSA) is 49.8 Å². The van der Waals surface area contributed by atoms with Gasteiger partial charge in [0.1, 0.15) is 5.82 Å². The molecule has 1 aromatic rings. The lowest BCUT2D eigenvalue weighted by Crippen LogP contribution is -2.48. The minimum Gasteiger partial charge on any atom is -0.481 e. The number of nitrogens with zero attached hydrogens (tertiary/aromatic N) is 1. The summed E-state index contributed by atoms with van der Waals surface area (Å²) in [6.45, 7) is 0. The second-order valence-corrected chi connectivity index (χ2v) is 6.13. The Bertz CT molecular complexity index is 505. The highest BCUT2D eigenvalue weighted by Crippen LogP contribution is 2.46. The molecule has 2 saturated heterocycles. The van der Waals surface area contributed by atoms with Crippen LogP contribution in [0.1, 0.15) is 30.7 Å². The zero-order valence-electron chi connectivity index (χ0n) is 13.3. The van der Waals surface area contributed by atoms with Crippen LogP contribution in [0.2, 0.25) is 0 Å². The van der Waals surface area contributed by atoms with Gasteiger partial charge in [-0.15, -0.1) is 0 Å². The monoisotopic (exact) mass is 309 g/mol. The molecule has 3 rings (SSSR count). The van der Waals surface area contributed by atoms with E-state index in [9.17, 15) is 14.3 Å². The summed E-state index contributed by atoms with van der Waals surface area (Å²) < 4.78 is 17.3. The number of hydrogen-bond donors (Lipinski definition) is 1. The minimum atomic E-state index is -0.730. The molecule has 0 unspecified atom stereocenters. The van der Waals surface area contributed by atoms with Gasteiger partial charge in [0.05, 0.1) is 5.92 Å². The fourth-order valence-corrected chi connectivity index (χ4v) is 3.86. The van der Waals surface area contributed by atoms with Gasteiger partial charge >= 0.3 is 5.97 Å². The summed E-state index contributed by atoms with van der Waals surface area (Å²) >= 11 is 0. The quantitative estimate of drug-likeness (QED) is 0.912. The third kappa shape index (κ3) is 3.31. The van der Waals surface area contributed by atoms with E-state index in [2.05, 4.69) is 9.64 Å². The molecule has 1 aromatic carbocycles. The Kier molecular flexibility index (Phi) is 5.53. The lowest BCUT2D eigenvalue weighted by molar-refractivity contribution is -0.146. The van der Waals surface area contributed by atoms with Gasteiger partial charge in [-0.2, -0.15) is 0 Å². The van der Waals surface area contributed by atoms with Crippen LogP contribution in [0.15, 0.2) is 24.3 Å². The molecule has 5 heteroatoms. The van der Waals surface area contributed by atoms with E-state index < -0.39 is 5.97 Å². The summed E-state index contributed by atoms with van der Waals surface area (Å²) in [6.07, 6.45) is 2.88. The first-order chi connectivity index (χ1) is 10.5. The molecular formula is C17H24FNO3. The number of methoxy groups -OCH3 is 1. The van der Waals surface area contributed by atoms with E-state index in [0.29, 0.717) is 6.04 Å². The largest absolute Gasteiger partial charge is 0.481 e. The molecule has 122 valence electrons. The van der Waals surface area contributed by atoms with Crippen molar-refractivity contribution in [1.82, 2.24) is 4.90 Å². The van der Waals surface area contributed by atoms with E-state index in [1.54, 1.807) is 26.4 Å². The number of hydrogen-bond acceptors (Lipinski definition) is 3. The van der Waals surface area contributed by atoms with E-state index in [0.717, 1.165) is 24.8 Å². The van der Waals surface area contributed by atoms with Crippen LogP contribution in [-0.2, 0) is 9.53 Å². The van der Waals surface area contributed by atoms with Crippen LogP contribution in [0.3, 0.4) is 0 Å². The highest BCUT2D eigenvalue weighted by atomic mass is 19.1. The van der Waals surface area contributed by atoms with Crippen LogP contribution in [0.4, 0.5) is 4.39 Å². The van der Waals surface area contributed by atoms with E-state index >= 15 is 0 Å². The van der Waals surface area contributed by atoms with Crippen molar-refractivity contribution in [3.63, 3.8) is 0 Å². The van der Waals surface area contributed by atoms with Crippen molar-refractivity contribution >= 4 is 5.97 Å². The van der Waals surface area contributed by atoms with Crippen molar-refractivity contribution in [2.75, 3.05) is 21.3 Å². The van der Waals surface area contributed by atoms with Crippen molar-refractivity contribution < 1.29 is 19.0 Å². The van der Waals surface area contributed by atoms with Crippen LogP contribution in [0, 0.1) is 11.7 Å². The summed E-state index contributed by atoms with van der Waals surface area (Å²) in [4.78, 5) is 13.9. The fourth-order valence-electron chi connectivity index (χ4n) is 3.86. The zero-order chi connectivity index (χ0) is 16.3. The molecule has 4 nitrogen and oxygen atoms in total. The van der Waals surface area contributed by atoms with E-state index in [1.165, 1.54) is 12.1 Å². The van der Waals surface area contributed by atoms with E-state index in [1.807, 2.05) is 7.05 Å². The third-order valence-corrected chi connectivity index (χ3v) is 4.85.